The van der Waals surface area contributed by atoms with E-state index in [2.05, 4.69) is 15.9 Å². The van der Waals surface area contributed by atoms with Gasteiger partial charge in [0.25, 0.3) is 0 Å². The molecule has 1 N–H and O–H groups in total. The van der Waals surface area contributed by atoms with E-state index in [-0.39, 0.29) is 11.4 Å². The van der Waals surface area contributed by atoms with Crippen LogP contribution >= 0.6 is 15.9 Å². The standard InChI is InChI=1S/C13H16BrNO4S/c1-9-11(14)5-2-6-12(9)20(18,19)15-7-3-4-10(8-15)13(16)17/h2,5-6,10H,3-4,7-8H2,1H3,(H,16,17). The molecule has 1 unspecified atom stereocenters. The SMILES string of the molecule is Cc1c(Br)cccc1S(=O)(=O)N1CCCC(C(=O)O)C1. The number of hydrogen-bond donors (Lipinski definition) is 1. The number of halogens is 1. The van der Waals surface area contributed by atoms with Crippen molar-refractivity contribution in [1.82, 2.24) is 4.31 Å². The summed E-state index contributed by atoms with van der Waals surface area (Å²) < 4.78 is 27.3. The van der Waals surface area contributed by atoms with Gasteiger partial charge in [0.2, 0.25) is 10.0 Å². The molecule has 1 heterocycles. The predicted octanol–water partition coefficient (Wildman–Crippen LogP) is 2.24. The third kappa shape index (κ3) is 2.89. The van der Waals surface area contributed by atoms with Crippen LogP contribution in [-0.2, 0) is 14.8 Å². The van der Waals surface area contributed by atoms with Gasteiger partial charge in [0.05, 0.1) is 10.8 Å². The number of rotatable bonds is 3. The van der Waals surface area contributed by atoms with E-state index >= 15 is 0 Å². The minimum Gasteiger partial charge on any atom is -0.481 e. The molecule has 0 radical (unpaired) electrons. The molecule has 1 aromatic carbocycles. The molecule has 1 aliphatic heterocycles. The fraction of sp³-hybridized carbons (Fsp3) is 0.462. The van der Waals surface area contributed by atoms with Crippen molar-refractivity contribution < 1.29 is 18.3 Å². The Kier molecular flexibility index (Phi) is 4.51. The normalized spacial score (nSPS) is 20.8. The molecule has 0 bridgehead atoms. The zero-order valence-electron chi connectivity index (χ0n) is 11.0. The average Bonchev–Trinajstić information content (AvgIpc) is 2.41. The molecule has 0 amide bonds. The number of sulfonamides is 1. The number of aliphatic carboxylic acids is 1. The summed E-state index contributed by atoms with van der Waals surface area (Å²) in [5.74, 6) is -1.55. The lowest BCUT2D eigenvalue weighted by Crippen LogP contribution is -2.42. The van der Waals surface area contributed by atoms with Crippen LogP contribution in [0.3, 0.4) is 0 Å². The van der Waals surface area contributed by atoms with Crippen LogP contribution in [0, 0.1) is 12.8 Å². The molecule has 5 nitrogen and oxygen atoms in total. The topological polar surface area (TPSA) is 74.7 Å². The van der Waals surface area contributed by atoms with Crippen LogP contribution in [-0.4, -0.2) is 36.9 Å². The van der Waals surface area contributed by atoms with Crippen molar-refractivity contribution in [3.63, 3.8) is 0 Å². The quantitative estimate of drug-likeness (QED) is 0.895. The highest BCUT2D eigenvalue weighted by molar-refractivity contribution is 9.10. The van der Waals surface area contributed by atoms with Crippen LogP contribution in [0.5, 0.6) is 0 Å². The van der Waals surface area contributed by atoms with Crippen molar-refractivity contribution in [1.29, 1.82) is 0 Å². The molecule has 7 heteroatoms. The zero-order valence-corrected chi connectivity index (χ0v) is 13.4. The fourth-order valence-electron chi connectivity index (χ4n) is 2.37. The van der Waals surface area contributed by atoms with Gasteiger partial charge in [-0.3, -0.25) is 4.79 Å². The van der Waals surface area contributed by atoms with Crippen LogP contribution in [0.1, 0.15) is 18.4 Å². The van der Waals surface area contributed by atoms with Gasteiger partial charge in [0.1, 0.15) is 0 Å². The van der Waals surface area contributed by atoms with Crippen molar-refractivity contribution in [3.8, 4) is 0 Å². The smallest absolute Gasteiger partial charge is 0.307 e. The van der Waals surface area contributed by atoms with Gasteiger partial charge in [0.15, 0.2) is 0 Å². The van der Waals surface area contributed by atoms with Gasteiger partial charge in [-0.05, 0) is 37.5 Å². The maximum Gasteiger partial charge on any atom is 0.307 e. The zero-order chi connectivity index (χ0) is 14.9. The maximum absolute atomic E-state index is 12.6. The Labute approximate surface area is 126 Å². The van der Waals surface area contributed by atoms with Crippen LogP contribution in [0.15, 0.2) is 27.6 Å². The van der Waals surface area contributed by atoms with E-state index in [1.54, 1.807) is 25.1 Å². The van der Waals surface area contributed by atoms with Crippen LogP contribution in [0.25, 0.3) is 0 Å². The summed E-state index contributed by atoms with van der Waals surface area (Å²) in [5.41, 5.74) is 0.643. The summed E-state index contributed by atoms with van der Waals surface area (Å²) in [6.45, 7) is 2.15. The van der Waals surface area contributed by atoms with Gasteiger partial charge in [0, 0.05) is 17.6 Å². The van der Waals surface area contributed by atoms with Crippen molar-refractivity contribution in [2.45, 2.75) is 24.7 Å². The van der Waals surface area contributed by atoms with E-state index in [4.69, 9.17) is 5.11 Å². The molecule has 1 saturated heterocycles. The Hall–Kier alpha value is -0.920. The Bertz CT molecular complexity index is 629. The molecular formula is C13H16BrNO4S. The van der Waals surface area contributed by atoms with Gasteiger partial charge in [-0.1, -0.05) is 22.0 Å². The Morgan fingerprint density at radius 2 is 2.15 bits per heavy atom. The minimum absolute atomic E-state index is 0.0453. The molecule has 2 rings (SSSR count). The number of hydrogen-bond acceptors (Lipinski definition) is 3. The van der Waals surface area contributed by atoms with Crippen molar-refractivity contribution in [2.24, 2.45) is 5.92 Å². The second-order valence-electron chi connectivity index (χ2n) is 4.90. The molecule has 0 saturated carbocycles. The fourth-order valence-corrected chi connectivity index (χ4v) is 4.64. The largest absolute Gasteiger partial charge is 0.481 e. The molecule has 1 atom stereocenters. The lowest BCUT2D eigenvalue weighted by molar-refractivity contribution is -0.142. The molecule has 1 aromatic rings. The highest BCUT2D eigenvalue weighted by Gasteiger charge is 2.34. The second-order valence-corrected chi connectivity index (χ2v) is 7.66. The molecule has 0 spiro atoms. The van der Waals surface area contributed by atoms with Crippen molar-refractivity contribution in [3.05, 3.63) is 28.2 Å². The van der Waals surface area contributed by atoms with Crippen molar-refractivity contribution in [2.75, 3.05) is 13.1 Å². The van der Waals surface area contributed by atoms with E-state index < -0.39 is 21.9 Å². The summed E-state index contributed by atoms with van der Waals surface area (Å²) in [7, 11) is -3.64. The number of nitrogens with zero attached hydrogens (tertiary/aromatic N) is 1. The van der Waals surface area contributed by atoms with E-state index in [0.717, 1.165) is 4.47 Å². The highest BCUT2D eigenvalue weighted by Crippen LogP contribution is 2.28. The van der Waals surface area contributed by atoms with E-state index in [1.807, 2.05) is 0 Å². The number of piperidine rings is 1. The number of carbonyl (C=O) groups is 1. The first-order chi connectivity index (χ1) is 9.34. The molecule has 110 valence electrons. The van der Waals surface area contributed by atoms with Gasteiger partial charge < -0.3 is 5.11 Å². The van der Waals surface area contributed by atoms with E-state index in [1.165, 1.54) is 4.31 Å². The van der Waals surface area contributed by atoms with Gasteiger partial charge >= 0.3 is 5.97 Å². The summed E-state index contributed by atoms with van der Waals surface area (Å²) >= 11 is 3.32. The molecular weight excluding hydrogens is 346 g/mol. The molecule has 0 aliphatic carbocycles. The van der Waals surface area contributed by atoms with E-state index in [0.29, 0.717) is 24.9 Å². The number of carboxylic acid groups (broad SMARTS) is 1. The molecule has 1 aliphatic rings. The summed E-state index contributed by atoms with van der Waals surface area (Å²) in [4.78, 5) is 11.3. The van der Waals surface area contributed by atoms with Gasteiger partial charge in [-0.15, -0.1) is 0 Å². The molecule has 20 heavy (non-hydrogen) atoms. The monoisotopic (exact) mass is 361 g/mol. The lowest BCUT2D eigenvalue weighted by atomic mass is 10.0. The maximum atomic E-state index is 12.6. The minimum atomic E-state index is -3.64. The average molecular weight is 362 g/mol. The first-order valence-electron chi connectivity index (χ1n) is 6.32. The Morgan fingerprint density at radius 1 is 1.45 bits per heavy atom. The van der Waals surface area contributed by atoms with Crippen LogP contribution in [0.4, 0.5) is 0 Å². The lowest BCUT2D eigenvalue weighted by Gasteiger charge is -2.30. The summed E-state index contributed by atoms with van der Waals surface area (Å²) in [6.07, 6.45) is 1.10. The van der Waals surface area contributed by atoms with E-state index in [9.17, 15) is 13.2 Å². The van der Waals surface area contributed by atoms with Crippen LogP contribution < -0.4 is 0 Å². The summed E-state index contributed by atoms with van der Waals surface area (Å²) in [6, 6.07) is 5.01. The molecule has 1 fully saturated rings. The summed E-state index contributed by atoms with van der Waals surface area (Å²) in [5, 5.41) is 9.06. The predicted molar refractivity (Wildman–Crippen MR) is 78.0 cm³/mol. The van der Waals surface area contributed by atoms with Crippen LogP contribution in [0.2, 0.25) is 0 Å². The Morgan fingerprint density at radius 3 is 2.80 bits per heavy atom. The Balaban J connectivity index is 2.35. The second kappa shape index (κ2) is 5.83. The van der Waals surface area contributed by atoms with Gasteiger partial charge in [-0.25, -0.2) is 8.42 Å². The third-order valence-corrected chi connectivity index (χ3v) is 6.44. The van der Waals surface area contributed by atoms with Gasteiger partial charge in [-0.2, -0.15) is 4.31 Å². The third-order valence-electron chi connectivity index (χ3n) is 3.57. The molecule has 0 aromatic heterocycles. The van der Waals surface area contributed by atoms with Crippen molar-refractivity contribution >= 4 is 31.9 Å². The highest BCUT2D eigenvalue weighted by atomic mass is 79.9. The first kappa shape index (κ1) is 15.5. The first-order valence-corrected chi connectivity index (χ1v) is 8.55. The number of benzene rings is 1. The number of carboxylic acids is 1.